The van der Waals surface area contributed by atoms with Crippen molar-refractivity contribution in [1.29, 1.82) is 0 Å². The number of urea groups is 1. The maximum absolute atomic E-state index is 13.4. The van der Waals surface area contributed by atoms with E-state index >= 15 is 0 Å². The summed E-state index contributed by atoms with van der Waals surface area (Å²) in [6.07, 6.45) is 2.47. The van der Waals surface area contributed by atoms with Crippen LogP contribution in [0.15, 0.2) is 61.2 Å². The number of hydrogen-bond donors (Lipinski definition) is 1. The first kappa shape index (κ1) is 24.5. The van der Waals surface area contributed by atoms with Crippen molar-refractivity contribution in [3.63, 3.8) is 0 Å². The molecule has 2 amide bonds. The maximum atomic E-state index is 13.4. The highest BCUT2D eigenvalue weighted by Crippen LogP contribution is 2.30. The van der Waals surface area contributed by atoms with Gasteiger partial charge in [-0.1, -0.05) is 30.3 Å². The number of carbonyl (C=O) groups is 1. The highest BCUT2D eigenvalue weighted by Gasteiger charge is 2.28. The van der Waals surface area contributed by atoms with Gasteiger partial charge >= 0.3 is 6.03 Å². The molecule has 1 aliphatic heterocycles. The minimum atomic E-state index is -0.232. The second kappa shape index (κ2) is 11.2. The van der Waals surface area contributed by atoms with Crippen LogP contribution in [0, 0.1) is 5.82 Å². The Morgan fingerprint density at radius 2 is 2.03 bits per heavy atom. The first-order valence-electron chi connectivity index (χ1n) is 11.9. The number of carbonyl (C=O) groups excluding carboxylic acids is 1. The predicted octanol–water partition coefficient (Wildman–Crippen LogP) is 4.30. The second-order valence-corrected chi connectivity index (χ2v) is 8.53. The molecule has 0 spiro atoms. The molecule has 2 aromatic carbocycles. The molecule has 0 atom stereocenters. The molecule has 0 saturated carbocycles. The number of para-hydroxylation sites is 2. The van der Waals surface area contributed by atoms with Crippen molar-refractivity contribution in [3.8, 4) is 11.4 Å². The van der Waals surface area contributed by atoms with Gasteiger partial charge in [-0.3, -0.25) is 4.90 Å². The maximum Gasteiger partial charge on any atom is 0.317 e. The van der Waals surface area contributed by atoms with E-state index in [1.54, 1.807) is 18.1 Å². The number of nitrogens with zero attached hydrogens (tertiary/aromatic N) is 4. The van der Waals surface area contributed by atoms with E-state index in [2.05, 4.69) is 16.8 Å². The Labute approximate surface area is 205 Å². The smallest absolute Gasteiger partial charge is 0.317 e. The van der Waals surface area contributed by atoms with Gasteiger partial charge in [0.1, 0.15) is 17.3 Å². The van der Waals surface area contributed by atoms with E-state index in [-0.39, 0.29) is 11.8 Å². The first-order chi connectivity index (χ1) is 17.0. The van der Waals surface area contributed by atoms with Crippen LogP contribution in [-0.2, 0) is 26.1 Å². The minimum Gasteiger partial charge on any atom is -0.494 e. The number of rotatable bonds is 9. The molecule has 2 heterocycles. The molecular formula is C27H32FN5O2. The van der Waals surface area contributed by atoms with Gasteiger partial charge < -0.3 is 15.0 Å². The lowest BCUT2D eigenvalue weighted by Gasteiger charge is -2.28. The number of ether oxygens (including phenoxy) is 1. The third kappa shape index (κ3) is 5.54. The number of halogens is 1. The van der Waals surface area contributed by atoms with Crippen LogP contribution in [0.2, 0.25) is 0 Å². The van der Waals surface area contributed by atoms with Gasteiger partial charge in [-0.2, -0.15) is 5.10 Å². The number of fused-ring (bicyclic) bond motifs is 1. The summed E-state index contributed by atoms with van der Waals surface area (Å²) in [5.41, 5.74) is 5.06. The monoisotopic (exact) mass is 477 g/mol. The molecule has 35 heavy (non-hydrogen) atoms. The van der Waals surface area contributed by atoms with Crippen LogP contribution in [0.5, 0.6) is 5.75 Å². The topological polar surface area (TPSA) is 62.6 Å². The third-order valence-corrected chi connectivity index (χ3v) is 6.26. The van der Waals surface area contributed by atoms with Crippen LogP contribution in [0.1, 0.15) is 29.4 Å². The van der Waals surface area contributed by atoms with E-state index in [9.17, 15) is 9.18 Å². The standard InChI is InChI=1S/C27H32FN5O2/c1-4-15-29-27(34)32(5-2)19-23-22-18-31(17-20-10-12-21(28)13-11-20)16-14-24(22)33(30-23)25-8-6-7-9-26(25)35-3/h4,6-13H,1,5,14-19H2,2-3H3,(H,29,34). The highest BCUT2D eigenvalue weighted by atomic mass is 19.1. The minimum absolute atomic E-state index is 0.146. The molecule has 0 aliphatic carbocycles. The molecule has 0 saturated heterocycles. The Hall–Kier alpha value is -3.65. The highest BCUT2D eigenvalue weighted by molar-refractivity contribution is 5.74. The van der Waals surface area contributed by atoms with Gasteiger partial charge in [-0.25, -0.2) is 13.9 Å². The Morgan fingerprint density at radius 1 is 1.26 bits per heavy atom. The van der Waals surface area contributed by atoms with Gasteiger partial charge in [0.05, 0.1) is 25.0 Å². The summed E-state index contributed by atoms with van der Waals surface area (Å²) in [6.45, 7) is 9.26. The molecule has 0 fully saturated rings. The van der Waals surface area contributed by atoms with Crippen LogP contribution in [0.3, 0.4) is 0 Å². The van der Waals surface area contributed by atoms with Crippen molar-refractivity contribution < 1.29 is 13.9 Å². The quantitative estimate of drug-likeness (QED) is 0.467. The summed E-state index contributed by atoms with van der Waals surface area (Å²) < 4.78 is 20.9. The zero-order valence-corrected chi connectivity index (χ0v) is 20.3. The van der Waals surface area contributed by atoms with Crippen molar-refractivity contribution >= 4 is 6.03 Å². The first-order valence-corrected chi connectivity index (χ1v) is 11.9. The molecule has 4 rings (SSSR count). The van der Waals surface area contributed by atoms with Crippen LogP contribution >= 0.6 is 0 Å². The summed E-state index contributed by atoms with van der Waals surface area (Å²) in [5.74, 6) is 0.513. The summed E-state index contributed by atoms with van der Waals surface area (Å²) >= 11 is 0. The van der Waals surface area contributed by atoms with Gasteiger partial charge in [0.25, 0.3) is 0 Å². The second-order valence-electron chi connectivity index (χ2n) is 8.53. The molecule has 0 bridgehead atoms. The zero-order chi connectivity index (χ0) is 24.8. The zero-order valence-electron chi connectivity index (χ0n) is 20.3. The van der Waals surface area contributed by atoms with Crippen molar-refractivity contribution in [3.05, 3.63) is 89.5 Å². The van der Waals surface area contributed by atoms with Crippen LogP contribution in [0.25, 0.3) is 5.69 Å². The summed E-state index contributed by atoms with van der Waals surface area (Å²) in [5, 5.41) is 7.85. The van der Waals surface area contributed by atoms with E-state index < -0.39 is 0 Å². The SMILES string of the molecule is C=CCNC(=O)N(CC)Cc1nn(-c2ccccc2OC)c2c1CN(Cc1ccc(F)cc1)CC2. The van der Waals surface area contributed by atoms with E-state index in [4.69, 9.17) is 9.84 Å². The molecule has 1 aliphatic rings. The largest absolute Gasteiger partial charge is 0.494 e. The van der Waals surface area contributed by atoms with Gasteiger partial charge in [-0.15, -0.1) is 6.58 Å². The molecule has 0 radical (unpaired) electrons. The number of aromatic nitrogens is 2. The summed E-state index contributed by atoms with van der Waals surface area (Å²) in [7, 11) is 1.66. The Bertz CT molecular complexity index is 1170. The average molecular weight is 478 g/mol. The lowest BCUT2D eigenvalue weighted by atomic mass is 10.0. The Morgan fingerprint density at radius 3 is 2.74 bits per heavy atom. The van der Waals surface area contributed by atoms with E-state index in [1.165, 1.54) is 12.1 Å². The van der Waals surface area contributed by atoms with Crippen molar-refractivity contribution in [2.24, 2.45) is 0 Å². The van der Waals surface area contributed by atoms with E-state index in [1.807, 2.05) is 48.0 Å². The fraction of sp³-hybridized carbons (Fsp3) is 0.333. The van der Waals surface area contributed by atoms with Gasteiger partial charge in [0.2, 0.25) is 0 Å². The van der Waals surface area contributed by atoms with Crippen molar-refractivity contribution in [2.75, 3.05) is 26.7 Å². The van der Waals surface area contributed by atoms with Gasteiger partial charge in [0.15, 0.2) is 0 Å². The average Bonchev–Trinajstić information content (AvgIpc) is 3.24. The lowest BCUT2D eigenvalue weighted by molar-refractivity contribution is 0.197. The van der Waals surface area contributed by atoms with Crippen molar-refractivity contribution in [2.45, 2.75) is 33.0 Å². The van der Waals surface area contributed by atoms with Crippen LogP contribution in [0.4, 0.5) is 9.18 Å². The fourth-order valence-electron chi connectivity index (χ4n) is 4.44. The van der Waals surface area contributed by atoms with Gasteiger partial charge in [0, 0.05) is 44.7 Å². The number of methoxy groups -OCH3 is 1. The van der Waals surface area contributed by atoms with Crippen LogP contribution in [-0.4, -0.2) is 52.4 Å². The molecule has 1 aromatic heterocycles. The molecule has 8 heteroatoms. The molecule has 7 nitrogen and oxygen atoms in total. The van der Waals surface area contributed by atoms with E-state index in [0.717, 1.165) is 53.5 Å². The molecule has 0 unspecified atom stereocenters. The number of nitrogens with one attached hydrogen (secondary N) is 1. The number of amides is 2. The van der Waals surface area contributed by atoms with E-state index in [0.29, 0.717) is 26.2 Å². The molecule has 184 valence electrons. The summed E-state index contributed by atoms with van der Waals surface area (Å²) in [6, 6.07) is 14.3. The normalized spacial score (nSPS) is 13.2. The molecular weight excluding hydrogens is 445 g/mol. The third-order valence-electron chi connectivity index (χ3n) is 6.26. The number of hydrogen-bond acceptors (Lipinski definition) is 4. The lowest BCUT2D eigenvalue weighted by Crippen LogP contribution is -2.40. The van der Waals surface area contributed by atoms with Crippen LogP contribution < -0.4 is 10.1 Å². The predicted molar refractivity (Wildman–Crippen MR) is 134 cm³/mol. The summed E-state index contributed by atoms with van der Waals surface area (Å²) in [4.78, 5) is 16.8. The van der Waals surface area contributed by atoms with Crippen molar-refractivity contribution in [1.82, 2.24) is 24.9 Å². The Kier molecular flexibility index (Phi) is 7.82. The molecule has 3 aromatic rings. The van der Waals surface area contributed by atoms with Gasteiger partial charge in [-0.05, 0) is 36.8 Å². The Balaban J connectivity index is 1.67. The fourth-order valence-corrected chi connectivity index (χ4v) is 4.44. The molecule has 1 N–H and O–H groups in total. The number of benzene rings is 2.